The topological polar surface area (TPSA) is 53.7 Å². The first-order valence-electron chi connectivity index (χ1n) is 8.08. The zero-order valence-electron chi connectivity index (χ0n) is 13.3. The van der Waals surface area contributed by atoms with Crippen molar-refractivity contribution in [2.24, 2.45) is 0 Å². The molecule has 0 atom stereocenters. The summed E-state index contributed by atoms with van der Waals surface area (Å²) in [5.74, 6) is 0.168. The Bertz CT molecular complexity index is 791. The normalized spacial score (nSPS) is 15.9. The van der Waals surface area contributed by atoms with Gasteiger partial charge in [0.05, 0.1) is 12.1 Å². The number of imidazole rings is 1. The Hall–Kier alpha value is -2.25. The van der Waals surface area contributed by atoms with Crippen molar-refractivity contribution in [1.82, 2.24) is 24.2 Å². The molecule has 4 rings (SSSR count). The number of piperazine rings is 1. The molecule has 124 valence electrons. The Morgan fingerprint density at radius 2 is 2.12 bits per heavy atom. The van der Waals surface area contributed by atoms with E-state index in [0.29, 0.717) is 6.42 Å². The maximum atomic E-state index is 12.5. The van der Waals surface area contributed by atoms with Crippen LogP contribution in [0.3, 0.4) is 0 Å². The van der Waals surface area contributed by atoms with Gasteiger partial charge in [0.2, 0.25) is 5.91 Å². The van der Waals surface area contributed by atoms with Crippen molar-refractivity contribution in [3.05, 3.63) is 53.6 Å². The van der Waals surface area contributed by atoms with E-state index in [1.807, 2.05) is 39.3 Å². The molecule has 0 aliphatic carbocycles. The number of hydrogen-bond donors (Lipinski definition) is 0. The number of amides is 1. The van der Waals surface area contributed by atoms with E-state index in [1.165, 1.54) is 5.56 Å². The third-order valence-corrected chi connectivity index (χ3v) is 5.10. The van der Waals surface area contributed by atoms with E-state index < -0.39 is 0 Å². The van der Waals surface area contributed by atoms with Gasteiger partial charge in [0.15, 0.2) is 4.96 Å². The number of carbonyl (C=O) groups excluding carboxylic acids is 1. The van der Waals surface area contributed by atoms with Crippen LogP contribution < -0.4 is 0 Å². The molecule has 3 aromatic heterocycles. The van der Waals surface area contributed by atoms with E-state index in [9.17, 15) is 4.79 Å². The van der Waals surface area contributed by atoms with Gasteiger partial charge in [0.1, 0.15) is 0 Å². The number of thiazole rings is 1. The summed E-state index contributed by atoms with van der Waals surface area (Å²) in [6, 6.07) is 4.06. The van der Waals surface area contributed by atoms with E-state index in [-0.39, 0.29) is 5.91 Å². The Balaban J connectivity index is 1.30. The number of rotatable bonds is 4. The lowest BCUT2D eigenvalue weighted by atomic mass is 10.2. The van der Waals surface area contributed by atoms with E-state index in [4.69, 9.17) is 0 Å². The van der Waals surface area contributed by atoms with Crippen LogP contribution in [0.2, 0.25) is 0 Å². The van der Waals surface area contributed by atoms with Gasteiger partial charge in [-0.15, -0.1) is 11.3 Å². The van der Waals surface area contributed by atoms with Gasteiger partial charge in [-0.3, -0.25) is 19.1 Å². The maximum absolute atomic E-state index is 12.5. The molecule has 1 aliphatic heterocycles. The van der Waals surface area contributed by atoms with Gasteiger partial charge in [-0.25, -0.2) is 4.98 Å². The third kappa shape index (κ3) is 3.32. The van der Waals surface area contributed by atoms with Crippen LogP contribution in [0.4, 0.5) is 0 Å². The van der Waals surface area contributed by atoms with Crippen LogP contribution >= 0.6 is 11.3 Å². The van der Waals surface area contributed by atoms with Gasteiger partial charge in [-0.05, 0) is 11.6 Å². The number of pyridine rings is 1. The molecule has 0 radical (unpaired) electrons. The SMILES string of the molecule is O=C(Cc1cn2ccsc2n1)N1CCN(Cc2cccnc2)CC1. The largest absolute Gasteiger partial charge is 0.340 e. The van der Waals surface area contributed by atoms with Crippen molar-refractivity contribution >= 4 is 22.2 Å². The lowest BCUT2D eigenvalue weighted by Crippen LogP contribution is -2.48. The molecule has 6 nitrogen and oxygen atoms in total. The van der Waals surface area contributed by atoms with Crippen LogP contribution in [0, 0.1) is 0 Å². The van der Waals surface area contributed by atoms with Crippen molar-refractivity contribution in [2.75, 3.05) is 26.2 Å². The summed E-state index contributed by atoms with van der Waals surface area (Å²) in [5.41, 5.74) is 2.07. The van der Waals surface area contributed by atoms with Crippen LogP contribution in [0.15, 0.2) is 42.3 Å². The average molecular weight is 341 g/mol. The highest BCUT2D eigenvalue weighted by Gasteiger charge is 2.22. The zero-order chi connectivity index (χ0) is 16.4. The highest BCUT2D eigenvalue weighted by atomic mass is 32.1. The third-order valence-electron chi connectivity index (χ3n) is 4.33. The fraction of sp³-hybridized carbons (Fsp3) is 0.353. The molecule has 7 heteroatoms. The van der Waals surface area contributed by atoms with Crippen molar-refractivity contribution in [2.45, 2.75) is 13.0 Å². The predicted molar refractivity (Wildman–Crippen MR) is 92.9 cm³/mol. The summed E-state index contributed by atoms with van der Waals surface area (Å²) < 4.78 is 1.97. The molecule has 0 saturated carbocycles. The van der Waals surface area contributed by atoms with Gasteiger partial charge < -0.3 is 4.90 Å². The molecule has 24 heavy (non-hydrogen) atoms. The van der Waals surface area contributed by atoms with E-state index in [1.54, 1.807) is 17.5 Å². The van der Waals surface area contributed by atoms with E-state index in [0.717, 1.165) is 43.4 Å². The Morgan fingerprint density at radius 3 is 2.88 bits per heavy atom. The monoisotopic (exact) mass is 341 g/mol. The summed E-state index contributed by atoms with van der Waals surface area (Å²) >= 11 is 1.59. The van der Waals surface area contributed by atoms with Gasteiger partial charge in [-0.1, -0.05) is 6.07 Å². The Morgan fingerprint density at radius 1 is 1.25 bits per heavy atom. The van der Waals surface area contributed by atoms with Crippen LogP contribution in [0.25, 0.3) is 4.96 Å². The molecule has 1 aliphatic rings. The van der Waals surface area contributed by atoms with E-state index in [2.05, 4.69) is 20.9 Å². The summed E-state index contributed by atoms with van der Waals surface area (Å²) in [6.45, 7) is 4.26. The van der Waals surface area contributed by atoms with Crippen molar-refractivity contribution < 1.29 is 4.79 Å². The molecular formula is C17H19N5OS. The first-order chi connectivity index (χ1) is 11.8. The molecule has 4 heterocycles. The average Bonchev–Trinajstić information content (AvgIpc) is 3.18. The summed E-state index contributed by atoms with van der Waals surface area (Å²) in [5, 5.41) is 2.00. The van der Waals surface area contributed by atoms with Gasteiger partial charge >= 0.3 is 0 Å². The van der Waals surface area contributed by atoms with Crippen LogP contribution in [0.5, 0.6) is 0 Å². The maximum Gasteiger partial charge on any atom is 0.228 e. The molecule has 1 amide bonds. The predicted octanol–water partition coefficient (Wildman–Crippen LogP) is 1.68. The fourth-order valence-corrected chi connectivity index (χ4v) is 3.75. The minimum absolute atomic E-state index is 0.168. The number of aromatic nitrogens is 3. The molecule has 1 fully saturated rings. The smallest absolute Gasteiger partial charge is 0.228 e. The van der Waals surface area contributed by atoms with Crippen LogP contribution in [0.1, 0.15) is 11.3 Å². The fourth-order valence-electron chi connectivity index (χ4n) is 3.03. The molecule has 0 bridgehead atoms. The Kier molecular flexibility index (Phi) is 4.27. The summed E-state index contributed by atoms with van der Waals surface area (Å²) in [6.07, 6.45) is 8.00. The number of hydrogen-bond acceptors (Lipinski definition) is 5. The minimum Gasteiger partial charge on any atom is -0.340 e. The molecule has 1 saturated heterocycles. The molecule has 0 aromatic carbocycles. The number of carbonyl (C=O) groups is 1. The highest BCUT2D eigenvalue weighted by Crippen LogP contribution is 2.13. The van der Waals surface area contributed by atoms with Crippen LogP contribution in [-0.4, -0.2) is 56.3 Å². The number of nitrogens with zero attached hydrogens (tertiary/aromatic N) is 5. The first-order valence-corrected chi connectivity index (χ1v) is 8.96. The quantitative estimate of drug-likeness (QED) is 0.724. The number of fused-ring (bicyclic) bond motifs is 1. The molecular weight excluding hydrogens is 322 g/mol. The van der Waals surface area contributed by atoms with Gasteiger partial charge in [-0.2, -0.15) is 0 Å². The standard InChI is InChI=1S/C17H19N5OS/c23-16(10-15-13-22-8-9-24-17(22)19-15)21-6-4-20(5-7-21)12-14-2-1-3-18-11-14/h1-3,8-9,11,13H,4-7,10,12H2. The van der Waals surface area contributed by atoms with Crippen molar-refractivity contribution in [3.63, 3.8) is 0 Å². The lowest BCUT2D eigenvalue weighted by molar-refractivity contribution is -0.132. The Labute approximate surface area is 144 Å². The van der Waals surface area contributed by atoms with Crippen molar-refractivity contribution in [1.29, 1.82) is 0 Å². The summed E-state index contributed by atoms with van der Waals surface area (Å²) in [7, 11) is 0. The van der Waals surface area contributed by atoms with Gasteiger partial charge in [0, 0.05) is 62.9 Å². The van der Waals surface area contributed by atoms with Crippen LogP contribution in [-0.2, 0) is 17.8 Å². The van der Waals surface area contributed by atoms with Crippen molar-refractivity contribution in [3.8, 4) is 0 Å². The minimum atomic E-state index is 0.168. The molecule has 0 N–H and O–H groups in total. The van der Waals surface area contributed by atoms with E-state index >= 15 is 0 Å². The molecule has 0 spiro atoms. The lowest BCUT2D eigenvalue weighted by Gasteiger charge is -2.34. The first kappa shape index (κ1) is 15.3. The second-order valence-electron chi connectivity index (χ2n) is 6.02. The second-order valence-corrected chi connectivity index (χ2v) is 6.89. The molecule has 0 unspecified atom stereocenters. The molecule has 3 aromatic rings. The zero-order valence-corrected chi connectivity index (χ0v) is 14.2. The second kappa shape index (κ2) is 6.70. The van der Waals surface area contributed by atoms with Gasteiger partial charge in [0.25, 0.3) is 0 Å². The summed E-state index contributed by atoms with van der Waals surface area (Å²) in [4.78, 5) is 26.4. The highest BCUT2D eigenvalue weighted by molar-refractivity contribution is 7.15.